The maximum atomic E-state index is 13.4. The van der Waals surface area contributed by atoms with E-state index in [2.05, 4.69) is 17.1 Å². The minimum atomic E-state index is -0.352. The third-order valence-electron chi connectivity index (χ3n) is 7.65. The fourth-order valence-corrected chi connectivity index (χ4v) is 5.41. The smallest absolute Gasteiger partial charge is 0.175 e. The van der Waals surface area contributed by atoms with Crippen LogP contribution >= 0.6 is 0 Å². The summed E-state index contributed by atoms with van der Waals surface area (Å²) < 4.78 is 44.7. The molecular weight excluding hydrogens is 547 g/mol. The normalized spacial score (nSPS) is 20.0. The highest BCUT2D eigenvalue weighted by Gasteiger charge is 2.40. The van der Waals surface area contributed by atoms with E-state index in [0.29, 0.717) is 57.0 Å². The van der Waals surface area contributed by atoms with Gasteiger partial charge >= 0.3 is 0 Å². The average Bonchev–Trinajstić information content (AvgIpc) is 3.07. The highest BCUT2D eigenvalue weighted by molar-refractivity contribution is 5.40. The quantitative estimate of drug-likeness (QED) is 0.144. The summed E-state index contributed by atoms with van der Waals surface area (Å²) in [5, 5.41) is 0. The van der Waals surface area contributed by atoms with Crippen molar-refractivity contribution in [1.29, 1.82) is 0 Å². The molecule has 0 N–H and O–H groups in total. The molecule has 0 aromatic heterocycles. The average molecular weight is 587 g/mol. The van der Waals surface area contributed by atoms with Crippen molar-refractivity contribution in [3.8, 4) is 11.5 Å². The van der Waals surface area contributed by atoms with Crippen molar-refractivity contribution >= 4 is 0 Å². The van der Waals surface area contributed by atoms with Crippen LogP contribution in [0.3, 0.4) is 0 Å². The standard InChI is InChI=1S/C36H39FO6/c1-38-31-18-20-33(43-37)30(21-31)17-19-34-36(41-25-29-15-9-4-10-16-29)35(40-24-28-13-7-3-8-14-28)22-32(42-34)26-39-23-27-11-5-2-6-12-27/h2-16,18,20-21,32,34-36H,17,19,22-26H2,1H3. The molecule has 1 fully saturated rings. The molecule has 1 aliphatic heterocycles. The van der Waals surface area contributed by atoms with Crippen LogP contribution in [0, 0.1) is 0 Å². The van der Waals surface area contributed by atoms with Gasteiger partial charge in [-0.2, -0.15) is 0 Å². The minimum absolute atomic E-state index is 0.165. The summed E-state index contributed by atoms with van der Waals surface area (Å²) in [5.41, 5.74) is 3.95. The number of methoxy groups -OCH3 is 1. The lowest BCUT2D eigenvalue weighted by molar-refractivity contribution is -0.218. The molecule has 4 unspecified atom stereocenters. The van der Waals surface area contributed by atoms with E-state index in [-0.39, 0.29) is 30.2 Å². The van der Waals surface area contributed by atoms with E-state index in [1.165, 1.54) is 0 Å². The number of rotatable bonds is 15. The monoisotopic (exact) mass is 586 g/mol. The Bertz CT molecular complexity index is 1350. The number of halogens is 1. The number of aryl methyl sites for hydroxylation is 1. The van der Waals surface area contributed by atoms with Crippen LogP contribution in [0.2, 0.25) is 0 Å². The molecule has 0 aliphatic carbocycles. The molecule has 0 radical (unpaired) electrons. The van der Waals surface area contributed by atoms with Gasteiger partial charge in [-0.05, 0) is 47.7 Å². The van der Waals surface area contributed by atoms with Crippen molar-refractivity contribution in [3.05, 3.63) is 131 Å². The van der Waals surface area contributed by atoms with E-state index in [1.54, 1.807) is 25.3 Å². The summed E-state index contributed by atoms with van der Waals surface area (Å²) in [5.74, 6) is 0.798. The molecular formula is C36H39FO6. The summed E-state index contributed by atoms with van der Waals surface area (Å²) in [6.45, 7) is 1.79. The Balaban J connectivity index is 1.35. The van der Waals surface area contributed by atoms with Crippen molar-refractivity contribution in [2.75, 3.05) is 13.7 Å². The van der Waals surface area contributed by atoms with Gasteiger partial charge in [0.05, 0.1) is 51.8 Å². The van der Waals surface area contributed by atoms with Crippen LogP contribution in [0.25, 0.3) is 0 Å². The Morgan fingerprint density at radius 2 is 1.35 bits per heavy atom. The van der Waals surface area contributed by atoms with Gasteiger partial charge < -0.3 is 23.7 Å². The SMILES string of the molecule is COc1ccc(OF)c(CCC2OC(COCc3ccccc3)CC(OCc3ccccc3)C2OCc2ccccc2)c1. The van der Waals surface area contributed by atoms with Gasteiger partial charge in [0.25, 0.3) is 0 Å². The van der Waals surface area contributed by atoms with Gasteiger partial charge in [0.2, 0.25) is 0 Å². The molecule has 6 nitrogen and oxygen atoms in total. The Hall–Kier alpha value is -3.75. The third kappa shape index (κ3) is 9.12. The van der Waals surface area contributed by atoms with Crippen molar-refractivity contribution in [1.82, 2.24) is 0 Å². The first-order valence-corrected chi connectivity index (χ1v) is 14.8. The van der Waals surface area contributed by atoms with Crippen LogP contribution in [0.1, 0.15) is 35.1 Å². The number of ether oxygens (including phenoxy) is 5. The van der Waals surface area contributed by atoms with Gasteiger partial charge in [0.15, 0.2) is 5.75 Å². The van der Waals surface area contributed by atoms with Crippen LogP contribution < -0.4 is 9.68 Å². The molecule has 7 heteroatoms. The third-order valence-corrected chi connectivity index (χ3v) is 7.65. The van der Waals surface area contributed by atoms with Crippen molar-refractivity contribution in [2.45, 2.75) is 63.5 Å². The van der Waals surface area contributed by atoms with E-state index in [9.17, 15) is 4.53 Å². The molecule has 1 aliphatic rings. The zero-order valence-corrected chi connectivity index (χ0v) is 24.5. The lowest BCUT2D eigenvalue weighted by atomic mass is 9.93. The molecule has 1 saturated heterocycles. The molecule has 4 aromatic carbocycles. The van der Waals surface area contributed by atoms with Crippen LogP contribution in [0.15, 0.2) is 109 Å². The van der Waals surface area contributed by atoms with Crippen LogP contribution in [0.4, 0.5) is 4.53 Å². The van der Waals surface area contributed by atoms with Gasteiger partial charge in [0.1, 0.15) is 11.9 Å². The summed E-state index contributed by atoms with van der Waals surface area (Å²) in [4.78, 5) is 4.17. The molecule has 4 aromatic rings. The molecule has 0 spiro atoms. The van der Waals surface area contributed by atoms with E-state index < -0.39 is 0 Å². The van der Waals surface area contributed by atoms with E-state index in [0.717, 1.165) is 16.7 Å². The molecule has 0 saturated carbocycles. The Kier molecular flexibility index (Phi) is 11.6. The second kappa shape index (κ2) is 16.2. The fraction of sp³-hybridized carbons (Fsp3) is 0.333. The minimum Gasteiger partial charge on any atom is -0.497 e. The molecule has 0 amide bonds. The summed E-state index contributed by atoms with van der Waals surface area (Å²) in [6.07, 6.45) is 0.550. The van der Waals surface area contributed by atoms with Gasteiger partial charge in [-0.15, -0.1) is 0 Å². The van der Waals surface area contributed by atoms with Gasteiger partial charge in [0, 0.05) is 16.5 Å². The molecule has 0 bridgehead atoms. The van der Waals surface area contributed by atoms with E-state index in [1.807, 2.05) is 78.9 Å². The number of hydrogen-bond acceptors (Lipinski definition) is 6. The van der Waals surface area contributed by atoms with Gasteiger partial charge in [-0.3, -0.25) is 4.94 Å². The van der Waals surface area contributed by atoms with Crippen LogP contribution in [0.5, 0.6) is 11.5 Å². The molecule has 1 heterocycles. The van der Waals surface area contributed by atoms with Crippen LogP contribution in [-0.2, 0) is 45.2 Å². The summed E-state index contributed by atoms with van der Waals surface area (Å²) in [6, 6.07) is 35.3. The Morgan fingerprint density at radius 3 is 1.95 bits per heavy atom. The summed E-state index contributed by atoms with van der Waals surface area (Å²) >= 11 is 0. The molecule has 226 valence electrons. The molecule has 5 rings (SSSR count). The fourth-order valence-electron chi connectivity index (χ4n) is 5.41. The molecule has 4 atom stereocenters. The first kappa shape index (κ1) is 30.7. The van der Waals surface area contributed by atoms with Gasteiger partial charge in [-0.25, -0.2) is 0 Å². The zero-order chi connectivity index (χ0) is 29.7. The van der Waals surface area contributed by atoms with E-state index in [4.69, 9.17) is 23.7 Å². The first-order valence-electron chi connectivity index (χ1n) is 14.8. The van der Waals surface area contributed by atoms with Crippen molar-refractivity contribution in [2.24, 2.45) is 0 Å². The second-order valence-corrected chi connectivity index (χ2v) is 10.7. The maximum Gasteiger partial charge on any atom is 0.175 e. The molecule has 43 heavy (non-hydrogen) atoms. The largest absolute Gasteiger partial charge is 0.497 e. The van der Waals surface area contributed by atoms with Crippen molar-refractivity contribution < 1.29 is 33.2 Å². The number of benzene rings is 4. The second-order valence-electron chi connectivity index (χ2n) is 10.7. The highest BCUT2D eigenvalue weighted by Crippen LogP contribution is 2.32. The Labute approximate surface area is 253 Å². The van der Waals surface area contributed by atoms with Crippen molar-refractivity contribution in [3.63, 3.8) is 0 Å². The topological polar surface area (TPSA) is 55.4 Å². The zero-order valence-electron chi connectivity index (χ0n) is 24.5. The summed E-state index contributed by atoms with van der Waals surface area (Å²) in [7, 11) is 1.58. The highest BCUT2D eigenvalue weighted by atomic mass is 19.3. The van der Waals surface area contributed by atoms with Crippen LogP contribution in [-0.4, -0.2) is 38.1 Å². The number of hydrogen-bond donors (Lipinski definition) is 0. The Morgan fingerprint density at radius 1 is 0.744 bits per heavy atom. The lowest BCUT2D eigenvalue weighted by Crippen LogP contribution is -2.51. The predicted molar refractivity (Wildman–Crippen MR) is 162 cm³/mol. The predicted octanol–water partition coefficient (Wildman–Crippen LogP) is 7.44. The van der Waals surface area contributed by atoms with E-state index >= 15 is 0 Å². The van der Waals surface area contributed by atoms with Gasteiger partial charge in [-0.1, -0.05) is 91.0 Å². The first-order chi connectivity index (χ1) is 21.2. The lowest BCUT2D eigenvalue weighted by Gasteiger charge is -2.42. The maximum absolute atomic E-state index is 13.4.